The van der Waals surface area contributed by atoms with Crippen LogP contribution in [0.25, 0.3) is 0 Å². The summed E-state index contributed by atoms with van der Waals surface area (Å²) >= 11 is 0. The summed E-state index contributed by atoms with van der Waals surface area (Å²) in [5, 5.41) is 3.04. The van der Waals surface area contributed by atoms with Gasteiger partial charge in [0, 0.05) is 19.2 Å². The van der Waals surface area contributed by atoms with E-state index in [4.69, 9.17) is 0 Å². The average Bonchev–Trinajstić information content (AvgIpc) is 2.33. The number of amides is 1. The molecule has 0 aliphatic rings. The standard InChI is InChI=1S/C14H23N3O/c1-5-12(13-10-11(2)6-8-15-13)16-14(18)7-9-17(3)4/h6,8,10,12H,5,7,9H2,1-4H3,(H,16,18)/t12-/m1/s1. The molecule has 0 radical (unpaired) electrons. The van der Waals surface area contributed by atoms with E-state index in [0.717, 1.165) is 18.7 Å². The Morgan fingerprint density at radius 2 is 2.22 bits per heavy atom. The summed E-state index contributed by atoms with van der Waals surface area (Å²) in [5.41, 5.74) is 2.11. The Hall–Kier alpha value is -1.42. The molecular formula is C14H23N3O. The molecule has 1 atom stereocenters. The molecule has 0 aliphatic carbocycles. The lowest BCUT2D eigenvalue weighted by Gasteiger charge is -2.17. The zero-order valence-corrected chi connectivity index (χ0v) is 11.7. The molecule has 4 nitrogen and oxygen atoms in total. The van der Waals surface area contributed by atoms with Crippen LogP contribution < -0.4 is 5.32 Å². The van der Waals surface area contributed by atoms with Crippen molar-refractivity contribution in [2.75, 3.05) is 20.6 Å². The highest BCUT2D eigenvalue weighted by molar-refractivity contribution is 5.76. The third-order valence-electron chi connectivity index (χ3n) is 2.82. The predicted molar refractivity (Wildman–Crippen MR) is 73.3 cm³/mol. The first-order valence-corrected chi connectivity index (χ1v) is 6.39. The lowest BCUT2D eigenvalue weighted by Crippen LogP contribution is -2.31. The molecule has 0 aromatic carbocycles. The van der Waals surface area contributed by atoms with E-state index in [0.29, 0.717) is 6.42 Å². The molecule has 0 unspecified atom stereocenters. The average molecular weight is 249 g/mol. The van der Waals surface area contributed by atoms with Crippen molar-refractivity contribution in [1.82, 2.24) is 15.2 Å². The van der Waals surface area contributed by atoms with Crippen LogP contribution in [-0.2, 0) is 4.79 Å². The van der Waals surface area contributed by atoms with Crippen LogP contribution in [0.3, 0.4) is 0 Å². The van der Waals surface area contributed by atoms with Gasteiger partial charge in [0.15, 0.2) is 0 Å². The molecule has 0 aliphatic heterocycles. The van der Waals surface area contributed by atoms with Crippen molar-refractivity contribution in [2.24, 2.45) is 0 Å². The van der Waals surface area contributed by atoms with Crippen molar-refractivity contribution in [3.63, 3.8) is 0 Å². The largest absolute Gasteiger partial charge is 0.348 e. The fourth-order valence-electron chi connectivity index (χ4n) is 1.73. The highest BCUT2D eigenvalue weighted by Gasteiger charge is 2.13. The van der Waals surface area contributed by atoms with Gasteiger partial charge in [-0.3, -0.25) is 9.78 Å². The van der Waals surface area contributed by atoms with Gasteiger partial charge in [0.2, 0.25) is 5.91 Å². The smallest absolute Gasteiger partial charge is 0.221 e. The Labute approximate surface area is 109 Å². The summed E-state index contributed by atoms with van der Waals surface area (Å²) < 4.78 is 0. The first kappa shape index (κ1) is 14.6. The van der Waals surface area contributed by atoms with Crippen molar-refractivity contribution in [3.8, 4) is 0 Å². The first-order valence-electron chi connectivity index (χ1n) is 6.39. The Morgan fingerprint density at radius 3 is 2.78 bits per heavy atom. The number of hydrogen-bond donors (Lipinski definition) is 1. The minimum atomic E-state index is 0.0135. The van der Waals surface area contributed by atoms with Gasteiger partial charge >= 0.3 is 0 Å². The van der Waals surface area contributed by atoms with Crippen molar-refractivity contribution < 1.29 is 4.79 Å². The number of aromatic nitrogens is 1. The second-order valence-corrected chi connectivity index (χ2v) is 4.84. The first-order chi connectivity index (χ1) is 8.52. The van der Waals surface area contributed by atoms with E-state index in [1.807, 2.05) is 38.1 Å². The van der Waals surface area contributed by atoms with E-state index in [1.165, 1.54) is 5.56 Å². The molecule has 1 heterocycles. The minimum Gasteiger partial charge on any atom is -0.348 e. The number of nitrogens with one attached hydrogen (secondary N) is 1. The summed E-state index contributed by atoms with van der Waals surface area (Å²) in [7, 11) is 3.93. The lowest BCUT2D eigenvalue weighted by atomic mass is 10.1. The topological polar surface area (TPSA) is 45.2 Å². The van der Waals surface area contributed by atoms with E-state index in [9.17, 15) is 4.79 Å². The van der Waals surface area contributed by atoms with E-state index in [2.05, 4.69) is 17.2 Å². The third-order valence-corrected chi connectivity index (χ3v) is 2.82. The maximum Gasteiger partial charge on any atom is 0.221 e. The van der Waals surface area contributed by atoms with Gasteiger partial charge in [-0.2, -0.15) is 0 Å². The summed E-state index contributed by atoms with van der Waals surface area (Å²) in [5.74, 6) is 0.0823. The number of aryl methyl sites for hydroxylation is 1. The molecule has 0 saturated heterocycles. The highest BCUT2D eigenvalue weighted by atomic mass is 16.1. The van der Waals surface area contributed by atoms with E-state index < -0.39 is 0 Å². The van der Waals surface area contributed by atoms with Gasteiger partial charge in [-0.05, 0) is 45.1 Å². The number of carbonyl (C=O) groups excluding carboxylic acids is 1. The van der Waals surface area contributed by atoms with Crippen LogP contribution in [0.15, 0.2) is 18.3 Å². The molecule has 0 spiro atoms. The zero-order chi connectivity index (χ0) is 13.5. The third kappa shape index (κ3) is 4.84. The van der Waals surface area contributed by atoms with E-state index in [-0.39, 0.29) is 11.9 Å². The number of pyridine rings is 1. The number of nitrogens with zero attached hydrogens (tertiary/aromatic N) is 2. The van der Waals surface area contributed by atoms with Crippen LogP contribution >= 0.6 is 0 Å². The Kier molecular flexibility index (Phi) is 5.78. The second kappa shape index (κ2) is 7.11. The van der Waals surface area contributed by atoms with Crippen molar-refractivity contribution in [3.05, 3.63) is 29.6 Å². The van der Waals surface area contributed by atoms with Gasteiger partial charge in [0.05, 0.1) is 11.7 Å². The van der Waals surface area contributed by atoms with Gasteiger partial charge < -0.3 is 10.2 Å². The zero-order valence-electron chi connectivity index (χ0n) is 11.7. The maximum absolute atomic E-state index is 11.8. The van der Waals surface area contributed by atoms with Gasteiger partial charge in [-0.25, -0.2) is 0 Å². The molecule has 4 heteroatoms. The molecule has 100 valence electrons. The van der Waals surface area contributed by atoms with Gasteiger partial charge in [0.1, 0.15) is 0 Å². The van der Waals surface area contributed by atoms with Crippen LogP contribution in [0.1, 0.15) is 37.1 Å². The summed E-state index contributed by atoms with van der Waals surface area (Å²) in [6.07, 6.45) is 3.17. The number of hydrogen-bond acceptors (Lipinski definition) is 3. The SMILES string of the molecule is CC[C@@H](NC(=O)CCN(C)C)c1cc(C)ccn1. The molecule has 0 fully saturated rings. The van der Waals surface area contributed by atoms with Crippen LogP contribution in [0.2, 0.25) is 0 Å². The van der Waals surface area contributed by atoms with Crippen molar-refractivity contribution in [1.29, 1.82) is 0 Å². The molecule has 1 aromatic rings. The Morgan fingerprint density at radius 1 is 1.50 bits per heavy atom. The molecule has 18 heavy (non-hydrogen) atoms. The van der Waals surface area contributed by atoms with Gasteiger partial charge in [-0.15, -0.1) is 0 Å². The van der Waals surface area contributed by atoms with Crippen LogP contribution in [0.5, 0.6) is 0 Å². The molecule has 0 saturated carbocycles. The molecule has 0 bridgehead atoms. The monoisotopic (exact) mass is 249 g/mol. The molecule has 1 rings (SSSR count). The van der Waals surface area contributed by atoms with Crippen LogP contribution in [0.4, 0.5) is 0 Å². The molecular weight excluding hydrogens is 226 g/mol. The highest BCUT2D eigenvalue weighted by Crippen LogP contribution is 2.15. The molecule has 1 amide bonds. The predicted octanol–water partition coefficient (Wildman–Crippen LogP) is 1.91. The second-order valence-electron chi connectivity index (χ2n) is 4.84. The van der Waals surface area contributed by atoms with E-state index in [1.54, 1.807) is 6.20 Å². The Bertz CT molecular complexity index is 390. The quantitative estimate of drug-likeness (QED) is 0.837. The molecule has 1 N–H and O–H groups in total. The lowest BCUT2D eigenvalue weighted by molar-refractivity contribution is -0.122. The summed E-state index contributed by atoms with van der Waals surface area (Å²) in [4.78, 5) is 18.1. The molecule has 1 aromatic heterocycles. The fourth-order valence-corrected chi connectivity index (χ4v) is 1.73. The minimum absolute atomic E-state index is 0.0135. The van der Waals surface area contributed by atoms with Crippen molar-refractivity contribution >= 4 is 5.91 Å². The fraction of sp³-hybridized carbons (Fsp3) is 0.571. The van der Waals surface area contributed by atoms with Crippen LogP contribution in [-0.4, -0.2) is 36.4 Å². The van der Waals surface area contributed by atoms with E-state index >= 15 is 0 Å². The number of carbonyl (C=O) groups is 1. The van der Waals surface area contributed by atoms with Gasteiger partial charge in [0.25, 0.3) is 0 Å². The van der Waals surface area contributed by atoms with Crippen LogP contribution in [0, 0.1) is 6.92 Å². The summed E-state index contributed by atoms with van der Waals surface area (Å²) in [6.45, 7) is 4.86. The Balaban J connectivity index is 2.59. The van der Waals surface area contributed by atoms with Crippen molar-refractivity contribution in [2.45, 2.75) is 32.7 Å². The maximum atomic E-state index is 11.8. The number of rotatable bonds is 6. The summed E-state index contributed by atoms with van der Waals surface area (Å²) in [6, 6.07) is 4.00. The van der Waals surface area contributed by atoms with Gasteiger partial charge in [-0.1, -0.05) is 6.92 Å². The normalized spacial score (nSPS) is 12.5.